The summed E-state index contributed by atoms with van der Waals surface area (Å²) in [7, 11) is 1.95. The summed E-state index contributed by atoms with van der Waals surface area (Å²) in [6, 6.07) is 0. The first-order valence-electron chi connectivity index (χ1n) is 2.96. The molecule has 1 heterocycles. The first-order chi connectivity index (χ1) is 4.75. The van der Waals surface area contributed by atoms with Crippen molar-refractivity contribution >= 4 is 21.5 Å². The van der Waals surface area contributed by atoms with Crippen LogP contribution in [0.5, 0.6) is 0 Å². The number of aryl methyl sites for hydroxylation is 1. The highest BCUT2D eigenvalue weighted by molar-refractivity contribution is 9.09. The molecule has 3 heteroatoms. The summed E-state index contributed by atoms with van der Waals surface area (Å²) in [6.07, 6.45) is 3.58. The van der Waals surface area contributed by atoms with Gasteiger partial charge in [-0.2, -0.15) is 0 Å². The Kier molecular flexibility index (Phi) is 2.27. The topological polar surface area (TPSA) is 17.8 Å². The number of hydrogen-bond donors (Lipinski definition) is 0. The van der Waals surface area contributed by atoms with Gasteiger partial charge in [0.25, 0.3) is 0 Å². The molecule has 0 unspecified atom stereocenters. The minimum atomic E-state index is 0.798. The molecule has 0 saturated heterocycles. The van der Waals surface area contributed by atoms with E-state index in [1.807, 2.05) is 17.8 Å². The van der Waals surface area contributed by atoms with E-state index >= 15 is 0 Å². The summed E-state index contributed by atoms with van der Waals surface area (Å²) in [4.78, 5) is 3.97. The minimum Gasteiger partial charge on any atom is -0.334 e. The summed E-state index contributed by atoms with van der Waals surface area (Å²) >= 11 is 3.33. The van der Waals surface area contributed by atoms with Crippen molar-refractivity contribution < 1.29 is 0 Å². The summed E-state index contributed by atoms with van der Waals surface area (Å²) in [5, 5.41) is 0.798. The fourth-order valence-corrected chi connectivity index (χ4v) is 1.05. The second-order valence-corrected chi connectivity index (χ2v) is 2.69. The van der Waals surface area contributed by atoms with Gasteiger partial charge in [-0.05, 0) is 5.57 Å². The molecule has 0 aliphatic rings. The van der Waals surface area contributed by atoms with Crippen LogP contribution in [-0.4, -0.2) is 14.9 Å². The number of imidazole rings is 1. The first kappa shape index (κ1) is 7.54. The monoisotopic (exact) mass is 200 g/mol. The van der Waals surface area contributed by atoms with Gasteiger partial charge in [-0.25, -0.2) is 4.98 Å². The minimum absolute atomic E-state index is 0.798. The number of aromatic nitrogens is 2. The second kappa shape index (κ2) is 3.01. The molecule has 1 rings (SSSR count). The first-order valence-corrected chi connectivity index (χ1v) is 4.08. The zero-order valence-corrected chi connectivity index (χ0v) is 7.43. The molecular formula is C7H9BrN2. The molecule has 10 heavy (non-hydrogen) atoms. The Hall–Kier alpha value is -0.570. The second-order valence-electron chi connectivity index (χ2n) is 2.13. The SMILES string of the molecule is C=C(CBr)c1cncn1C. The molecule has 54 valence electrons. The van der Waals surface area contributed by atoms with Crippen LogP contribution in [0.15, 0.2) is 19.1 Å². The molecule has 0 fully saturated rings. The van der Waals surface area contributed by atoms with E-state index in [0.29, 0.717) is 0 Å². The van der Waals surface area contributed by atoms with Gasteiger partial charge in [0.2, 0.25) is 0 Å². The fourth-order valence-electron chi connectivity index (χ4n) is 0.766. The van der Waals surface area contributed by atoms with Crippen molar-refractivity contribution in [3.8, 4) is 0 Å². The smallest absolute Gasteiger partial charge is 0.0948 e. The van der Waals surface area contributed by atoms with Gasteiger partial charge in [0.05, 0.1) is 18.2 Å². The molecule has 0 bridgehead atoms. The predicted molar refractivity (Wildman–Crippen MR) is 46.0 cm³/mol. The van der Waals surface area contributed by atoms with Crippen molar-refractivity contribution in [2.24, 2.45) is 7.05 Å². The molecule has 1 aromatic rings. The van der Waals surface area contributed by atoms with E-state index in [2.05, 4.69) is 27.5 Å². The average molecular weight is 201 g/mol. The lowest BCUT2D eigenvalue weighted by atomic mass is 10.3. The molecule has 0 aliphatic carbocycles. The number of alkyl halides is 1. The Bertz CT molecular complexity index is 240. The lowest BCUT2D eigenvalue weighted by Crippen LogP contribution is -1.93. The molecule has 0 aliphatic heterocycles. The third-order valence-electron chi connectivity index (χ3n) is 1.34. The van der Waals surface area contributed by atoms with E-state index in [1.54, 1.807) is 6.33 Å². The Balaban J connectivity index is 2.93. The predicted octanol–water partition coefficient (Wildman–Crippen LogP) is 1.83. The van der Waals surface area contributed by atoms with Crippen molar-refractivity contribution in [2.45, 2.75) is 0 Å². The molecule has 0 N–H and O–H groups in total. The van der Waals surface area contributed by atoms with Crippen molar-refractivity contribution in [2.75, 3.05) is 5.33 Å². The van der Waals surface area contributed by atoms with Gasteiger partial charge in [-0.3, -0.25) is 0 Å². The maximum atomic E-state index is 3.97. The van der Waals surface area contributed by atoms with E-state index in [4.69, 9.17) is 0 Å². The van der Waals surface area contributed by atoms with E-state index in [1.165, 1.54) is 0 Å². The van der Waals surface area contributed by atoms with E-state index in [0.717, 1.165) is 16.6 Å². The van der Waals surface area contributed by atoms with Crippen LogP contribution < -0.4 is 0 Å². The van der Waals surface area contributed by atoms with Gasteiger partial charge in [0, 0.05) is 12.4 Å². The Morgan fingerprint density at radius 1 is 1.90 bits per heavy atom. The highest BCUT2D eigenvalue weighted by Crippen LogP contribution is 2.11. The summed E-state index contributed by atoms with van der Waals surface area (Å²) in [6.45, 7) is 3.87. The maximum Gasteiger partial charge on any atom is 0.0948 e. The quantitative estimate of drug-likeness (QED) is 0.667. The van der Waals surface area contributed by atoms with Crippen LogP contribution >= 0.6 is 15.9 Å². The molecule has 0 atom stereocenters. The Morgan fingerprint density at radius 2 is 2.60 bits per heavy atom. The average Bonchev–Trinajstić information content (AvgIpc) is 2.34. The van der Waals surface area contributed by atoms with Crippen LogP contribution in [0.2, 0.25) is 0 Å². The van der Waals surface area contributed by atoms with Crippen LogP contribution in [0.25, 0.3) is 5.57 Å². The van der Waals surface area contributed by atoms with E-state index in [9.17, 15) is 0 Å². The van der Waals surface area contributed by atoms with Crippen LogP contribution in [0.3, 0.4) is 0 Å². The number of allylic oxidation sites excluding steroid dienone is 1. The van der Waals surface area contributed by atoms with E-state index in [-0.39, 0.29) is 0 Å². The highest BCUT2D eigenvalue weighted by atomic mass is 79.9. The highest BCUT2D eigenvalue weighted by Gasteiger charge is 1.99. The summed E-state index contributed by atoms with van der Waals surface area (Å²) in [5.41, 5.74) is 2.14. The Morgan fingerprint density at radius 3 is 3.00 bits per heavy atom. The number of hydrogen-bond acceptors (Lipinski definition) is 1. The van der Waals surface area contributed by atoms with Crippen LogP contribution in [0.4, 0.5) is 0 Å². The number of nitrogens with zero attached hydrogens (tertiary/aromatic N) is 2. The van der Waals surface area contributed by atoms with Gasteiger partial charge < -0.3 is 4.57 Å². The van der Waals surface area contributed by atoms with Gasteiger partial charge in [0.1, 0.15) is 0 Å². The van der Waals surface area contributed by atoms with Crippen LogP contribution in [0, 0.1) is 0 Å². The van der Waals surface area contributed by atoms with Gasteiger partial charge in [0.15, 0.2) is 0 Å². The third-order valence-corrected chi connectivity index (χ3v) is 2.02. The summed E-state index contributed by atoms with van der Waals surface area (Å²) < 4.78 is 1.95. The molecule has 0 radical (unpaired) electrons. The lowest BCUT2D eigenvalue weighted by molar-refractivity contribution is 0.897. The zero-order chi connectivity index (χ0) is 7.56. The number of rotatable bonds is 2. The maximum absolute atomic E-state index is 3.97. The van der Waals surface area contributed by atoms with Gasteiger partial charge >= 0.3 is 0 Å². The van der Waals surface area contributed by atoms with E-state index < -0.39 is 0 Å². The van der Waals surface area contributed by atoms with Crippen LogP contribution in [0.1, 0.15) is 5.69 Å². The van der Waals surface area contributed by atoms with Gasteiger partial charge in [-0.15, -0.1) is 0 Å². The lowest BCUT2D eigenvalue weighted by Gasteiger charge is -2.00. The largest absolute Gasteiger partial charge is 0.334 e. The molecule has 0 spiro atoms. The van der Waals surface area contributed by atoms with Gasteiger partial charge in [-0.1, -0.05) is 22.5 Å². The fraction of sp³-hybridized carbons (Fsp3) is 0.286. The molecule has 2 nitrogen and oxygen atoms in total. The Labute approximate surface area is 68.7 Å². The zero-order valence-electron chi connectivity index (χ0n) is 5.84. The standard InChI is InChI=1S/C7H9BrN2/c1-6(3-8)7-4-9-5-10(7)2/h4-5H,1,3H2,2H3. The molecule has 0 aromatic carbocycles. The molecule has 1 aromatic heterocycles. The molecule has 0 amide bonds. The summed E-state index contributed by atoms with van der Waals surface area (Å²) in [5.74, 6) is 0. The number of halogens is 1. The van der Waals surface area contributed by atoms with Crippen molar-refractivity contribution in [3.05, 3.63) is 24.8 Å². The van der Waals surface area contributed by atoms with Crippen molar-refractivity contribution in [1.82, 2.24) is 9.55 Å². The van der Waals surface area contributed by atoms with Crippen molar-refractivity contribution in [1.29, 1.82) is 0 Å². The van der Waals surface area contributed by atoms with Crippen molar-refractivity contribution in [3.63, 3.8) is 0 Å². The molecular weight excluding hydrogens is 192 g/mol. The molecule has 0 saturated carbocycles. The van der Waals surface area contributed by atoms with Crippen LogP contribution in [-0.2, 0) is 7.05 Å². The third kappa shape index (κ3) is 1.29. The normalized spacial score (nSPS) is 9.80.